The predicted molar refractivity (Wildman–Crippen MR) is 103 cm³/mol. The first kappa shape index (κ1) is 18.3. The van der Waals surface area contributed by atoms with Gasteiger partial charge in [-0.1, -0.05) is 24.3 Å². The van der Waals surface area contributed by atoms with Gasteiger partial charge in [-0.3, -0.25) is 0 Å². The van der Waals surface area contributed by atoms with Crippen LogP contribution < -0.4 is 9.47 Å². The van der Waals surface area contributed by atoms with Crippen LogP contribution in [0.3, 0.4) is 0 Å². The summed E-state index contributed by atoms with van der Waals surface area (Å²) in [7, 11) is 1.65. The van der Waals surface area contributed by atoms with E-state index < -0.39 is 5.97 Å². The van der Waals surface area contributed by atoms with Crippen LogP contribution in [0.15, 0.2) is 65.1 Å². The van der Waals surface area contributed by atoms with Gasteiger partial charge in [0.1, 0.15) is 29.6 Å². The van der Waals surface area contributed by atoms with E-state index in [9.17, 15) is 4.79 Å². The topological polar surface area (TPSA) is 68.9 Å². The summed E-state index contributed by atoms with van der Waals surface area (Å²) in [4.78, 5) is 10.6. The zero-order valence-corrected chi connectivity index (χ0v) is 15.1. The molecule has 1 aromatic heterocycles. The molecule has 0 bridgehead atoms. The molecule has 0 atom stereocenters. The molecule has 27 heavy (non-hydrogen) atoms. The van der Waals surface area contributed by atoms with E-state index in [1.54, 1.807) is 13.2 Å². The molecule has 3 aromatic rings. The number of methoxy groups -OCH3 is 1. The molecule has 0 spiro atoms. The van der Waals surface area contributed by atoms with E-state index in [0.717, 1.165) is 34.3 Å². The first-order valence-electron chi connectivity index (χ1n) is 8.43. The molecule has 0 saturated heterocycles. The second kappa shape index (κ2) is 8.27. The third-order valence-electron chi connectivity index (χ3n) is 4.10. The van der Waals surface area contributed by atoms with Gasteiger partial charge in [-0.15, -0.1) is 0 Å². The molecule has 138 valence electrons. The lowest BCUT2D eigenvalue weighted by molar-refractivity contribution is -0.131. The average Bonchev–Trinajstić information content (AvgIpc) is 3.05. The van der Waals surface area contributed by atoms with Gasteiger partial charge < -0.3 is 19.0 Å². The van der Waals surface area contributed by atoms with Crippen molar-refractivity contribution in [1.82, 2.24) is 0 Å². The number of rotatable bonds is 7. The van der Waals surface area contributed by atoms with Gasteiger partial charge in [0.25, 0.3) is 0 Å². The molecule has 0 saturated carbocycles. The number of aliphatic carboxylic acids is 1. The van der Waals surface area contributed by atoms with Crippen molar-refractivity contribution in [2.24, 2.45) is 0 Å². The molecule has 0 aliphatic rings. The molecule has 1 N–H and O–H groups in total. The van der Waals surface area contributed by atoms with E-state index in [1.165, 1.54) is 6.08 Å². The standard InChI is InChI=1S/C22H20O5/c1-15-18(13-21(27-15)11-12-22(23)24)14-26-20-9-5-17(6-10-20)16-3-7-19(25-2)8-4-16/h3-13H,14H2,1-2H3,(H,23,24)/b12-11+. The number of hydrogen-bond acceptors (Lipinski definition) is 4. The SMILES string of the molecule is COc1ccc(-c2ccc(OCc3cc(/C=C/C(=O)O)oc3C)cc2)cc1. The molecule has 0 unspecified atom stereocenters. The average molecular weight is 364 g/mol. The Labute approximate surface area is 157 Å². The summed E-state index contributed by atoms with van der Waals surface area (Å²) in [5.74, 6) is 1.75. The lowest BCUT2D eigenvalue weighted by atomic mass is 10.1. The van der Waals surface area contributed by atoms with Crippen LogP contribution in [-0.2, 0) is 11.4 Å². The van der Waals surface area contributed by atoms with E-state index >= 15 is 0 Å². The minimum absolute atomic E-state index is 0.345. The second-order valence-electron chi connectivity index (χ2n) is 5.94. The number of furan rings is 1. The third-order valence-corrected chi connectivity index (χ3v) is 4.10. The molecule has 2 aromatic carbocycles. The van der Waals surface area contributed by atoms with Crippen molar-refractivity contribution < 1.29 is 23.8 Å². The summed E-state index contributed by atoms with van der Waals surface area (Å²) in [5.41, 5.74) is 3.06. The lowest BCUT2D eigenvalue weighted by Crippen LogP contribution is -1.95. The smallest absolute Gasteiger partial charge is 0.328 e. The number of aryl methyl sites for hydroxylation is 1. The highest BCUT2D eigenvalue weighted by Gasteiger charge is 2.07. The molecular formula is C22H20O5. The molecule has 0 aliphatic carbocycles. The van der Waals surface area contributed by atoms with Crippen molar-refractivity contribution in [3.63, 3.8) is 0 Å². The Morgan fingerprint density at radius 1 is 1.04 bits per heavy atom. The van der Waals surface area contributed by atoms with Crippen molar-refractivity contribution in [3.05, 3.63) is 77.8 Å². The van der Waals surface area contributed by atoms with Gasteiger partial charge in [-0.25, -0.2) is 4.79 Å². The van der Waals surface area contributed by atoms with Crippen LogP contribution in [0, 0.1) is 6.92 Å². The number of hydrogen-bond donors (Lipinski definition) is 1. The number of benzene rings is 2. The van der Waals surface area contributed by atoms with E-state index in [2.05, 4.69) is 0 Å². The summed E-state index contributed by atoms with van der Waals surface area (Å²) < 4.78 is 16.5. The van der Waals surface area contributed by atoms with E-state index in [0.29, 0.717) is 18.1 Å². The highest BCUT2D eigenvalue weighted by molar-refractivity contribution is 5.84. The largest absolute Gasteiger partial charge is 0.497 e. The quantitative estimate of drug-likeness (QED) is 0.601. The highest BCUT2D eigenvalue weighted by atomic mass is 16.5. The van der Waals surface area contributed by atoms with Crippen molar-refractivity contribution in [3.8, 4) is 22.6 Å². The van der Waals surface area contributed by atoms with Gasteiger partial charge in [0.2, 0.25) is 0 Å². The predicted octanol–water partition coefficient (Wildman–Crippen LogP) is 4.94. The van der Waals surface area contributed by atoms with Gasteiger partial charge in [0, 0.05) is 11.6 Å². The Kier molecular flexibility index (Phi) is 5.61. The first-order chi connectivity index (χ1) is 13.0. The van der Waals surface area contributed by atoms with Gasteiger partial charge in [0.05, 0.1) is 7.11 Å². The van der Waals surface area contributed by atoms with E-state index in [-0.39, 0.29) is 0 Å². The van der Waals surface area contributed by atoms with Crippen LogP contribution in [0.4, 0.5) is 0 Å². The molecule has 0 radical (unpaired) electrons. The van der Waals surface area contributed by atoms with Gasteiger partial charge >= 0.3 is 5.97 Å². The fourth-order valence-corrected chi connectivity index (χ4v) is 2.61. The minimum Gasteiger partial charge on any atom is -0.497 e. The van der Waals surface area contributed by atoms with Crippen molar-refractivity contribution in [2.45, 2.75) is 13.5 Å². The van der Waals surface area contributed by atoms with Crippen LogP contribution in [0.2, 0.25) is 0 Å². The molecule has 0 aliphatic heterocycles. The van der Waals surface area contributed by atoms with Crippen molar-refractivity contribution in [2.75, 3.05) is 7.11 Å². The van der Waals surface area contributed by atoms with Gasteiger partial charge in [-0.05, 0) is 54.5 Å². The molecule has 0 amide bonds. The molecule has 0 fully saturated rings. The Bertz CT molecular complexity index is 934. The fourth-order valence-electron chi connectivity index (χ4n) is 2.61. The summed E-state index contributed by atoms with van der Waals surface area (Å²) in [6.07, 6.45) is 2.46. The van der Waals surface area contributed by atoms with Crippen molar-refractivity contribution >= 4 is 12.0 Å². The van der Waals surface area contributed by atoms with Crippen LogP contribution in [-0.4, -0.2) is 18.2 Å². The minimum atomic E-state index is -1.01. The molecule has 3 rings (SSSR count). The summed E-state index contributed by atoms with van der Waals surface area (Å²) >= 11 is 0. The van der Waals surface area contributed by atoms with E-state index in [1.807, 2.05) is 55.5 Å². The Morgan fingerprint density at radius 3 is 2.19 bits per heavy atom. The van der Waals surface area contributed by atoms with Crippen LogP contribution in [0.5, 0.6) is 11.5 Å². The zero-order chi connectivity index (χ0) is 19.2. The number of carboxylic acid groups (broad SMARTS) is 1. The summed E-state index contributed by atoms with van der Waals surface area (Å²) in [6.45, 7) is 2.17. The Morgan fingerprint density at radius 2 is 1.63 bits per heavy atom. The van der Waals surface area contributed by atoms with Crippen LogP contribution in [0.25, 0.3) is 17.2 Å². The van der Waals surface area contributed by atoms with E-state index in [4.69, 9.17) is 19.0 Å². The maximum atomic E-state index is 10.6. The molecule has 1 heterocycles. The molecule has 5 heteroatoms. The first-order valence-corrected chi connectivity index (χ1v) is 8.43. The monoisotopic (exact) mass is 364 g/mol. The van der Waals surface area contributed by atoms with Crippen molar-refractivity contribution in [1.29, 1.82) is 0 Å². The summed E-state index contributed by atoms with van der Waals surface area (Å²) in [5, 5.41) is 8.67. The Balaban J connectivity index is 1.64. The van der Waals surface area contributed by atoms with Gasteiger partial charge in [0.15, 0.2) is 0 Å². The van der Waals surface area contributed by atoms with Crippen LogP contribution in [0.1, 0.15) is 17.1 Å². The molecule has 5 nitrogen and oxygen atoms in total. The fraction of sp³-hybridized carbons (Fsp3) is 0.136. The van der Waals surface area contributed by atoms with Crippen LogP contribution >= 0.6 is 0 Å². The highest BCUT2D eigenvalue weighted by Crippen LogP contribution is 2.25. The Hall–Kier alpha value is -3.47. The third kappa shape index (κ3) is 4.79. The lowest BCUT2D eigenvalue weighted by Gasteiger charge is -2.07. The maximum Gasteiger partial charge on any atom is 0.328 e. The number of ether oxygens (including phenoxy) is 2. The van der Waals surface area contributed by atoms with Gasteiger partial charge in [-0.2, -0.15) is 0 Å². The molecular weight excluding hydrogens is 344 g/mol. The maximum absolute atomic E-state index is 10.6. The second-order valence-corrected chi connectivity index (χ2v) is 5.94. The number of carboxylic acids is 1. The normalized spacial score (nSPS) is 10.9. The summed E-state index contributed by atoms with van der Waals surface area (Å²) in [6, 6.07) is 17.5. The zero-order valence-electron chi connectivity index (χ0n) is 15.1. The number of carbonyl (C=O) groups is 1.